The van der Waals surface area contributed by atoms with E-state index in [0.717, 1.165) is 10.6 Å². The molecule has 0 amide bonds. The Kier molecular flexibility index (Phi) is 1.81. The Balaban J connectivity index is 2.76. The van der Waals surface area contributed by atoms with Gasteiger partial charge in [0.25, 0.3) is 0 Å². The first-order valence-corrected chi connectivity index (χ1v) is 3.01. The van der Waals surface area contributed by atoms with Gasteiger partial charge in [-0.2, -0.15) is 5.26 Å². The van der Waals surface area contributed by atoms with Crippen LogP contribution in [0, 0.1) is 11.3 Å². The maximum atomic E-state index is 8.23. The number of nitriles is 1. The molecule has 0 radical (unpaired) electrons. The highest BCUT2D eigenvalue weighted by Crippen LogP contribution is 2.06. The molecule has 0 aromatic carbocycles. The fraction of sp³-hybridized carbons (Fsp3) is 0.167. The zero-order valence-electron chi connectivity index (χ0n) is 4.76. The van der Waals surface area contributed by atoms with Gasteiger partial charge in [-0.25, -0.2) is 0 Å². The summed E-state index contributed by atoms with van der Waals surface area (Å²) in [6, 6.07) is 3.87. The summed E-state index contributed by atoms with van der Waals surface area (Å²) in [4.78, 5) is 3.78. The zero-order valence-corrected chi connectivity index (χ0v) is 5.65. The molecular weight excluding hydrogens is 132 g/mol. The predicted molar refractivity (Wildman–Crippen MR) is 37.4 cm³/mol. The lowest BCUT2D eigenvalue weighted by Gasteiger charge is -1.79. The van der Waals surface area contributed by atoms with Gasteiger partial charge in [0.1, 0.15) is 0 Å². The summed E-state index contributed by atoms with van der Waals surface area (Å²) in [5.41, 5.74) is 0.919. The second-order valence-electron chi connectivity index (χ2n) is 1.72. The van der Waals surface area contributed by atoms with E-state index in [0.29, 0.717) is 6.42 Å². The van der Waals surface area contributed by atoms with Crippen molar-refractivity contribution in [1.29, 1.82) is 5.26 Å². The van der Waals surface area contributed by atoms with Crippen LogP contribution in [0.3, 0.4) is 0 Å². The van der Waals surface area contributed by atoms with E-state index in [1.54, 1.807) is 6.20 Å². The van der Waals surface area contributed by atoms with E-state index in [1.165, 1.54) is 0 Å². The average molecular weight is 138 g/mol. The molecule has 0 aliphatic carbocycles. The maximum absolute atomic E-state index is 8.23. The highest BCUT2D eigenvalue weighted by atomic mass is 32.1. The summed E-state index contributed by atoms with van der Waals surface area (Å²) in [5.74, 6) is 0. The maximum Gasteiger partial charge on any atom is 0.0752 e. The smallest absolute Gasteiger partial charge is 0.0752 e. The van der Waals surface area contributed by atoms with Crippen LogP contribution < -0.4 is 0 Å². The van der Waals surface area contributed by atoms with Gasteiger partial charge in [0.05, 0.1) is 12.5 Å². The van der Waals surface area contributed by atoms with Crippen molar-refractivity contribution in [3.8, 4) is 6.07 Å². The van der Waals surface area contributed by atoms with E-state index < -0.39 is 0 Å². The first-order valence-electron chi connectivity index (χ1n) is 2.56. The molecule has 0 aliphatic heterocycles. The Morgan fingerprint density at radius 1 is 1.78 bits per heavy atom. The Morgan fingerprint density at radius 2 is 2.56 bits per heavy atom. The number of hydrogen-bond donors (Lipinski definition) is 2. The lowest BCUT2D eigenvalue weighted by atomic mass is 10.3. The number of rotatable bonds is 1. The number of nitrogens with zero attached hydrogens (tertiary/aromatic N) is 1. The molecule has 1 aromatic heterocycles. The van der Waals surface area contributed by atoms with Gasteiger partial charge < -0.3 is 4.98 Å². The fourth-order valence-electron chi connectivity index (χ4n) is 0.616. The number of thiol groups is 1. The van der Waals surface area contributed by atoms with Gasteiger partial charge in [-0.05, 0) is 6.07 Å². The highest BCUT2D eigenvalue weighted by molar-refractivity contribution is 7.80. The Bertz CT molecular complexity index is 233. The Hall–Kier alpha value is -0.880. The quantitative estimate of drug-likeness (QED) is 0.565. The van der Waals surface area contributed by atoms with Crippen LogP contribution in [0.1, 0.15) is 5.69 Å². The molecule has 0 saturated carbocycles. The minimum absolute atomic E-state index is 0.431. The Labute approximate surface area is 58.9 Å². The fourth-order valence-corrected chi connectivity index (χ4v) is 0.836. The number of aromatic nitrogens is 1. The van der Waals surface area contributed by atoms with Crippen molar-refractivity contribution in [2.24, 2.45) is 0 Å². The topological polar surface area (TPSA) is 39.6 Å². The molecular formula is C6H6N2S. The third-order valence-corrected chi connectivity index (χ3v) is 1.26. The van der Waals surface area contributed by atoms with Crippen molar-refractivity contribution in [1.82, 2.24) is 4.98 Å². The zero-order chi connectivity index (χ0) is 6.69. The molecule has 0 fully saturated rings. The third-order valence-electron chi connectivity index (χ3n) is 0.997. The molecule has 1 rings (SSSR count). The van der Waals surface area contributed by atoms with Gasteiger partial charge in [0.15, 0.2) is 0 Å². The van der Waals surface area contributed by atoms with E-state index in [9.17, 15) is 0 Å². The van der Waals surface area contributed by atoms with Crippen molar-refractivity contribution in [3.05, 3.63) is 18.0 Å². The molecule has 9 heavy (non-hydrogen) atoms. The summed E-state index contributed by atoms with van der Waals surface area (Å²) in [7, 11) is 0. The van der Waals surface area contributed by atoms with Crippen molar-refractivity contribution in [3.63, 3.8) is 0 Å². The van der Waals surface area contributed by atoms with Crippen LogP contribution in [0.5, 0.6) is 0 Å². The summed E-state index contributed by atoms with van der Waals surface area (Å²) >= 11 is 4.06. The molecule has 1 aromatic rings. The molecule has 0 spiro atoms. The Morgan fingerprint density at radius 3 is 3.00 bits per heavy atom. The number of H-pyrrole nitrogens is 1. The average Bonchev–Trinajstić information content (AvgIpc) is 2.17. The molecule has 3 heteroatoms. The van der Waals surface area contributed by atoms with E-state index in [2.05, 4.69) is 17.6 Å². The normalized spacial score (nSPS) is 8.89. The second kappa shape index (κ2) is 2.60. The minimum Gasteiger partial charge on any atom is -0.363 e. The van der Waals surface area contributed by atoms with E-state index in [1.807, 2.05) is 12.1 Å². The van der Waals surface area contributed by atoms with Gasteiger partial charge in [0.2, 0.25) is 0 Å². The molecule has 1 heterocycles. The third kappa shape index (κ3) is 1.51. The SMILES string of the molecule is N#CCc1cc(S)c[nH]1. The van der Waals surface area contributed by atoms with Crippen LogP contribution in [0.4, 0.5) is 0 Å². The van der Waals surface area contributed by atoms with E-state index in [-0.39, 0.29) is 0 Å². The summed E-state index contributed by atoms with van der Waals surface area (Å²) in [6.07, 6.45) is 2.19. The van der Waals surface area contributed by atoms with Gasteiger partial charge in [-0.3, -0.25) is 0 Å². The lowest BCUT2D eigenvalue weighted by molar-refractivity contribution is 1.16. The van der Waals surface area contributed by atoms with E-state index >= 15 is 0 Å². The molecule has 0 aliphatic rings. The molecule has 0 saturated heterocycles. The van der Waals surface area contributed by atoms with Crippen molar-refractivity contribution >= 4 is 12.6 Å². The summed E-state index contributed by atoms with van der Waals surface area (Å²) in [5, 5.41) is 8.23. The number of aromatic amines is 1. The standard InChI is InChI=1S/C6H6N2S/c7-2-1-5-3-6(9)4-8-5/h3-4,8-9H,1H2. The van der Waals surface area contributed by atoms with Crippen molar-refractivity contribution in [2.75, 3.05) is 0 Å². The molecule has 0 unspecified atom stereocenters. The van der Waals surface area contributed by atoms with E-state index in [4.69, 9.17) is 5.26 Å². The molecule has 2 nitrogen and oxygen atoms in total. The van der Waals surface area contributed by atoms with Gasteiger partial charge >= 0.3 is 0 Å². The second-order valence-corrected chi connectivity index (χ2v) is 2.23. The van der Waals surface area contributed by atoms with Gasteiger partial charge in [0, 0.05) is 16.8 Å². The molecule has 0 bridgehead atoms. The van der Waals surface area contributed by atoms with Crippen LogP contribution >= 0.6 is 12.6 Å². The summed E-state index contributed by atoms with van der Waals surface area (Å²) < 4.78 is 0. The first-order chi connectivity index (χ1) is 4.33. The lowest BCUT2D eigenvalue weighted by Crippen LogP contribution is -1.76. The van der Waals surface area contributed by atoms with Crippen LogP contribution in [0.25, 0.3) is 0 Å². The highest BCUT2D eigenvalue weighted by Gasteiger charge is 1.91. The monoisotopic (exact) mass is 138 g/mol. The largest absolute Gasteiger partial charge is 0.363 e. The predicted octanol–water partition coefficient (Wildman–Crippen LogP) is 1.37. The van der Waals surface area contributed by atoms with Crippen LogP contribution in [0.15, 0.2) is 17.2 Å². The minimum atomic E-state index is 0.431. The van der Waals surface area contributed by atoms with Gasteiger partial charge in [-0.1, -0.05) is 0 Å². The van der Waals surface area contributed by atoms with Crippen molar-refractivity contribution in [2.45, 2.75) is 11.3 Å². The summed E-state index contributed by atoms with van der Waals surface area (Å²) in [6.45, 7) is 0. The molecule has 1 N–H and O–H groups in total. The molecule has 46 valence electrons. The van der Waals surface area contributed by atoms with Gasteiger partial charge in [-0.15, -0.1) is 12.6 Å². The van der Waals surface area contributed by atoms with Crippen LogP contribution in [-0.4, -0.2) is 4.98 Å². The van der Waals surface area contributed by atoms with Crippen LogP contribution in [-0.2, 0) is 6.42 Å². The van der Waals surface area contributed by atoms with Crippen LogP contribution in [0.2, 0.25) is 0 Å². The number of hydrogen-bond acceptors (Lipinski definition) is 2. The first kappa shape index (κ1) is 6.24. The van der Waals surface area contributed by atoms with Crippen molar-refractivity contribution < 1.29 is 0 Å². The number of nitrogens with one attached hydrogen (secondary N) is 1. The molecule has 0 atom stereocenters.